The fourth-order valence-corrected chi connectivity index (χ4v) is 2.27. The van der Waals surface area contributed by atoms with Gasteiger partial charge in [-0.2, -0.15) is 0 Å². The van der Waals surface area contributed by atoms with Gasteiger partial charge in [-0.25, -0.2) is 4.79 Å². The molecule has 2 aromatic carbocycles. The van der Waals surface area contributed by atoms with Gasteiger partial charge >= 0.3 is 5.97 Å². The van der Waals surface area contributed by atoms with Crippen molar-refractivity contribution >= 4 is 12.0 Å². The van der Waals surface area contributed by atoms with Gasteiger partial charge in [0.15, 0.2) is 11.5 Å². The summed E-state index contributed by atoms with van der Waals surface area (Å²) in [6.45, 7) is 2.13. The summed E-state index contributed by atoms with van der Waals surface area (Å²) >= 11 is 0. The Morgan fingerprint density at radius 3 is 2.43 bits per heavy atom. The van der Waals surface area contributed by atoms with Gasteiger partial charge in [0.05, 0.1) is 20.8 Å². The largest absolute Gasteiger partial charge is 0.493 e. The first-order valence-electron chi connectivity index (χ1n) is 7.35. The smallest absolute Gasteiger partial charge is 0.330 e. The molecule has 0 saturated carbocycles. The number of carbonyl (C=O) groups excluding carboxylic acids is 1. The Hall–Kier alpha value is -2.75. The Labute approximate surface area is 136 Å². The number of methoxy groups -OCH3 is 2. The van der Waals surface area contributed by atoms with Crippen LogP contribution in [0.2, 0.25) is 0 Å². The first kappa shape index (κ1) is 16.6. The number of benzene rings is 2. The molecule has 0 N–H and O–H groups in total. The molecule has 0 bridgehead atoms. The molecule has 0 aliphatic rings. The Morgan fingerprint density at radius 1 is 1.09 bits per heavy atom. The molecule has 0 spiro atoms. The van der Waals surface area contributed by atoms with Crippen LogP contribution in [0.3, 0.4) is 0 Å². The molecule has 0 aliphatic carbocycles. The Morgan fingerprint density at radius 2 is 1.83 bits per heavy atom. The van der Waals surface area contributed by atoms with Gasteiger partial charge < -0.3 is 14.2 Å². The molecule has 0 unspecified atom stereocenters. The fourth-order valence-electron chi connectivity index (χ4n) is 2.27. The van der Waals surface area contributed by atoms with Gasteiger partial charge in [0.2, 0.25) is 0 Å². The van der Waals surface area contributed by atoms with E-state index in [0.29, 0.717) is 18.1 Å². The van der Waals surface area contributed by atoms with Crippen molar-refractivity contribution in [1.29, 1.82) is 0 Å². The monoisotopic (exact) mass is 312 g/mol. The summed E-state index contributed by atoms with van der Waals surface area (Å²) in [5.41, 5.74) is 2.74. The molecule has 0 aromatic heterocycles. The van der Waals surface area contributed by atoms with Gasteiger partial charge in [0.25, 0.3) is 0 Å². The summed E-state index contributed by atoms with van der Waals surface area (Å²) in [6, 6.07) is 13.6. The summed E-state index contributed by atoms with van der Waals surface area (Å²) in [5.74, 6) is 0.896. The standard InChI is InChI=1S/C19H20O4/c1-4-23-18(20)11-10-14-12-16(15-8-6-5-7-9-15)19(22-3)17(13-14)21-2/h5-13H,4H2,1-3H3/b11-10+. The number of hydrogen-bond donors (Lipinski definition) is 0. The van der Waals surface area contributed by atoms with Crippen molar-refractivity contribution in [2.45, 2.75) is 6.92 Å². The Kier molecular flexibility index (Phi) is 5.80. The quantitative estimate of drug-likeness (QED) is 0.598. The lowest BCUT2D eigenvalue weighted by Crippen LogP contribution is -1.99. The molecule has 0 radical (unpaired) electrons. The molecule has 0 heterocycles. The highest BCUT2D eigenvalue weighted by Gasteiger charge is 2.13. The van der Waals surface area contributed by atoms with E-state index >= 15 is 0 Å². The number of esters is 1. The van der Waals surface area contributed by atoms with Crippen LogP contribution in [-0.4, -0.2) is 26.8 Å². The maximum atomic E-state index is 11.5. The summed E-state index contributed by atoms with van der Waals surface area (Å²) in [4.78, 5) is 11.5. The van der Waals surface area contributed by atoms with Crippen molar-refractivity contribution in [3.05, 3.63) is 54.1 Å². The lowest BCUT2D eigenvalue weighted by Gasteiger charge is -2.14. The average molecular weight is 312 g/mol. The third-order valence-electron chi connectivity index (χ3n) is 3.28. The zero-order chi connectivity index (χ0) is 16.7. The van der Waals surface area contributed by atoms with Crippen molar-refractivity contribution in [2.75, 3.05) is 20.8 Å². The fraction of sp³-hybridized carbons (Fsp3) is 0.211. The van der Waals surface area contributed by atoms with Gasteiger partial charge in [0, 0.05) is 11.6 Å². The van der Waals surface area contributed by atoms with Crippen LogP contribution in [0.25, 0.3) is 17.2 Å². The molecule has 4 heteroatoms. The van der Waals surface area contributed by atoms with Crippen LogP contribution in [0.4, 0.5) is 0 Å². The minimum absolute atomic E-state index is 0.352. The molecule has 120 valence electrons. The van der Waals surface area contributed by atoms with Crippen LogP contribution in [0.5, 0.6) is 11.5 Å². The topological polar surface area (TPSA) is 44.8 Å². The molecule has 23 heavy (non-hydrogen) atoms. The third kappa shape index (κ3) is 4.13. The molecule has 2 aromatic rings. The number of carbonyl (C=O) groups is 1. The van der Waals surface area contributed by atoms with Crippen LogP contribution in [0.15, 0.2) is 48.5 Å². The normalized spacial score (nSPS) is 10.6. The second-order valence-electron chi connectivity index (χ2n) is 4.76. The highest BCUT2D eigenvalue weighted by atomic mass is 16.5. The van der Waals surface area contributed by atoms with Gasteiger partial charge in [-0.05, 0) is 36.3 Å². The second kappa shape index (κ2) is 8.03. The van der Waals surface area contributed by atoms with Crippen molar-refractivity contribution in [2.24, 2.45) is 0 Å². The van der Waals surface area contributed by atoms with E-state index in [0.717, 1.165) is 16.7 Å². The van der Waals surface area contributed by atoms with E-state index in [1.54, 1.807) is 27.2 Å². The first-order chi connectivity index (χ1) is 11.2. The second-order valence-corrected chi connectivity index (χ2v) is 4.76. The number of rotatable bonds is 6. The van der Waals surface area contributed by atoms with E-state index in [1.807, 2.05) is 42.5 Å². The molecule has 0 fully saturated rings. The van der Waals surface area contributed by atoms with Crippen molar-refractivity contribution in [3.8, 4) is 22.6 Å². The maximum absolute atomic E-state index is 11.5. The minimum Gasteiger partial charge on any atom is -0.493 e. The number of ether oxygens (including phenoxy) is 3. The maximum Gasteiger partial charge on any atom is 0.330 e. The van der Waals surface area contributed by atoms with Crippen molar-refractivity contribution < 1.29 is 19.0 Å². The van der Waals surface area contributed by atoms with Crippen molar-refractivity contribution in [3.63, 3.8) is 0 Å². The Balaban J connectivity index is 2.48. The molecule has 0 amide bonds. The van der Waals surface area contributed by atoms with E-state index in [2.05, 4.69) is 0 Å². The zero-order valence-corrected chi connectivity index (χ0v) is 13.5. The third-order valence-corrected chi connectivity index (χ3v) is 3.28. The van der Waals surface area contributed by atoms with Gasteiger partial charge in [-0.3, -0.25) is 0 Å². The summed E-state index contributed by atoms with van der Waals surface area (Å²) in [7, 11) is 3.20. The lowest BCUT2D eigenvalue weighted by molar-refractivity contribution is -0.137. The molecule has 0 saturated heterocycles. The van der Waals surface area contributed by atoms with Crippen LogP contribution in [0.1, 0.15) is 12.5 Å². The minimum atomic E-state index is -0.372. The molecular weight excluding hydrogens is 292 g/mol. The van der Waals surface area contributed by atoms with E-state index in [4.69, 9.17) is 14.2 Å². The summed E-state index contributed by atoms with van der Waals surface area (Å²) in [6.07, 6.45) is 3.10. The highest BCUT2D eigenvalue weighted by Crippen LogP contribution is 2.39. The highest BCUT2D eigenvalue weighted by molar-refractivity contribution is 5.88. The molecule has 0 aliphatic heterocycles. The first-order valence-corrected chi connectivity index (χ1v) is 7.35. The molecule has 2 rings (SSSR count). The predicted octanol–water partition coefficient (Wildman–Crippen LogP) is 3.95. The predicted molar refractivity (Wildman–Crippen MR) is 90.6 cm³/mol. The van der Waals surface area contributed by atoms with Crippen LogP contribution in [-0.2, 0) is 9.53 Å². The van der Waals surface area contributed by atoms with Crippen LogP contribution >= 0.6 is 0 Å². The van der Waals surface area contributed by atoms with Crippen molar-refractivity contribution in [1.82, 2.24) is 0 Å². The lowest BCUT2D eigenvalue weighted by atomic mass is 10.0. The summed E-state index contributed by atoms with van der Waals surface area (Å²) < 4.78 is 15.8. The Bertz CT molecular complexity index is 690. The van der Waals surface area contributed by atoms with Crippen LogP contribution in [0, 0.1) is 0 Å². The molecule has 0 atom stereocenters. The SMILES string of the molecule is CCOC(=O)/C=C/c1cc(OC)c(OC)c(-c2ccccc2)c1. The van der Waals surface area contributed by atoms with E-state index < -0.39 is 0 Å². The van der Waals surface area contributed by atoms with E-state index in [1.165, 1.54) is 6.08 Å². The summed E-state index contributed by atoms with van der Waals surface area (Å²) in [5, 5.41) is 0. The molecule has 4 nitrogen and oxygen atoms in total. The van der Waals surface area contributed by atoms with Gasteiger partial charge in [0.1, 0.15) is 0 Å². The van der Waals surface area contributed by atoms with E-state index in [-0.39, 0.29) is 5.97 Å². The van der Waals surface area contributed by atoms with Gasteiger partial charge in [-0.15, -0.1) is 0 Å². The van der Waals surface area contributed by atoms with Crippen LogP contribution < -0.4 is 9.47 Å². The number of hydrogen-bond acceptors (Lipinski definition) is 4. The van der Waals surface area contributed by atoms with Gasteiger partial charge in [-0.1, -0.05) is 30.3 Å². The zero-order valence-electron chi connectivity index (χ0n) is 13.5. The van der Waals surface area contributed by atoms with E-state index in [9.17, 15) is 4.79 Å². The average Bonchev–Trinajstić information content (AvgIpc) is 2.60. The molecular formula is C19H20O4.